The minimum absolute atomic E-state index is 0.00430. The van der Waals surface area contributed by atoms with Crippen molar-refractivity contribution in [2.75, 3.05) is 12.3 Å². The average molecular weight is 561 g/mol. The lowest BCUT2D eigenvalue weighted by Crippen LogP contribution is -2.31. The molecule has 2 aliphatic heterocycles. The van der Waals surface area contributed by atoms with Crippen molar-refractivity contribution in [1.29, 1.82) is 0 Å². The van der Waals surface area contributed by atoms with E-state index in [9.17, 15) is 14.5 Å². The summed E-state index contributed by atoms with van der Waals surface area (Å²) in [5.41, 5.74) is 6.74. The first-order valence-electron chi connectivity index (χ1n) is 11.9. The first-order valence-corrected chi connectivity index (χ1v) is 14.6. The number of nitrogens with one attached hydrogen (secondary N) is 1. The SMILES string of the molecule is CC1CC2C=C(n3ccc4c(=O)[nH]cnc43)O[C@@H]2COP(=O)(S)O[C@@H]([C@@H](O)n2cnc3c(N)ncnc32)C1. The molecule has 6 atom stereocenters. The first kappa shape index (κ1) is 25.1. The Hall–Kier alpha value is -3.23. The summed E-state index contributed by atoms with van der Waals surface area (Å²) in [5.74, 6) is 0.571. The molecule has 0 aromatic carbocycles. The largest absolute Gasteiger partial charge is 0.472 e. The van der Waals surface area contributed by atoms with E-state index in [0.717, 1.165) is 0 Å². The Morgan fingerprint density at radius 2 is 2.11 bits per heavy atom. The molecule has 0 aliphatic carbocycles. The highest BCUT2D eigenvalue weighted by Crippen LogP contribution is 2.56. The number of ether oxygens (including phenoxy) is 1. The Kier molecular flexibility index (Phi) is 6.27. The van der Waals surface area contributed by atoms with Gasteiger partial charge in [-0.3, -0.25) is 23.0 Å². The number of hydrogen-bond donors (Lipinski definition) is 4. The number of thiol groups is 1. The normalized spacial score (nSPS) is 29.1. The van der Waals surface area contributed by atoms with Crippen molar-refractivity contribution in [2.45, 2.75) is 38.2 Å². The van der Waals surface area contributed by atoms with E-state index >= 15 is 0 Å². The third kappa shape index (κ3) is 4.50. The average Bonchev–Trinajstić information content (AvgIpc) is 3.59. The standard InChI is InChI=1S/C22H25N8O6PS/c1-11-4-12-6-16(29-3-2-13-19(29)25-9-27-21(13)31)35-15(12)7-34-37(33,38)36-14(5-11)22(32)30-10-28-17-18(23)24-8-26-20(17)30/h2-3,6,8-12,14-15,22,32H,4-5,7H2,1H3,(H,33,38)(H2,23,24,26)(H,25,27,31)/t11?,12?,14-,15-,22-,37?/m1/s1. The number of rotatable bonds is 3. The number of nitrogen functional groups attached to an aromatic ring is 1. The van der Waals surface area contributed by atoms with Crippen LogP contribution in [0, 0.1) is 11.8 Å². The van der Waals surface area contributed by atoms with Gasteiger partial charge in [0.1, 0.15) is 24.1 Å². The molecule has 0 radical (unpaired) electrons. The number of aliphatic hydroxyl groups is 1. The maximum absolute atomic E-state index is 13.2. The van der Waals surface area contributed by atoms with Gasteiger partial charge >= 0.3 is 6.80 Å². The lowest BCUT2D eigenvalue weighted by Gasteiger charge is -2.32. The Labute approximate surface area is 220 Å². The van der Waals surface area contributed by atoms with Gasteiger partial charge in [0.25, 0.3) is 5.56 Å². The topological polar surface area (TPSA) is 185 Å². The third-order valence-corrected chi connectivity index (χ3v) is 8.46. The van der Waals surface area contributed by atoms with Crippen LogP contribution in [0.15, 0.2) is 42.1 Å². The molecular weight excluding hydrogens is 535 g/mol. The molecule has 1 fully saturated rings. The molecule has 1 saturated heterocycles. The second-order valence-corrected chi connectivity index (χ2v) is 12.3. The van der Waals surface area contributed by atoms with Gasteiger partial charge in [-0.05, 0) is 30.9 Å². The number of anilines is 1. The molecule has 0 saturated carbocycles. The third-order valence-electron chi connectivity index (χ3n) is 6.81. The van der Waals surface area contributed by atoms with Crippen LogP contribution in [0.25, 0.3) is 28.1 Å². The second-order valence-electron chi connectivity index (χ2n) is 9.46. The van der Waals surface area contributed by atoms with Gasteiger partial charge < -0.3 is 20.6 Å². The zero-order valence-electron chi connectivity index (χ0n) is 20.1. The van der Waals surface area contributed by atoms with E-state index in [4.69, 9.17) is 19.5 Å². The summed E-state index contributed by atoms with van der Waals surface area (Å²) in [5, 5.41) is 11.7. The van der Waals surface area contributed by atoms with Crippen LogP contribution in [-0.2, 0) is 18.3 Å². The highest BCUT2D eigenvalue weighted by Gasteiger charge is 2.39. The molecule has 14 nitrogen and oxygen atoms in total. The summed E-state index contributed by atoms with van der Waals surface area (Å²) in [6.07, 6.45) is 5.94. The van der Waals surface area contributed by atoms with E-state index in [2.05, 4.69) is 37.2 Å². The van der Waals surface area contributed by atoms with Gasteiger partial charge in [-0.25, -0.2) is 24.5 Å². The summed E-state index contributed by atoms with van der Waals surface area (Å²) in [6.45, 7) is -1.97. The Bertz CT molecular complexity index is 1650. The van der Waals surface area contributed by atoms with Crippen LogP contribution in [0.2, 0.25) is 0 Å². The molecule has 200 valence electrons. The Morgan fingerprint density at radius 1 is 1.26 bits per heavy atom. The predicted octanol–water partition coefficient (Wildman–Crippen LogP) is 2.32. The van der Waals surface area contributed by atoms with E-state index in [-0.39, 0.29) is 29.8 Å². The molecule has 16 heteroatoms. The zero-order chi connectivity index (χ0) is 26.6. The first-order chi connectivity index (χ1) is 18.2. The van der Waals surface area contributed by atoms with Crippen LogP contribution >= 0.6 is 19.0 Å². The van der Waals surface area contributed by atoms with E-state index in [1.807, 2.05) is 13.0 Å². The van der Waals surface area contributed by atoms with Crippen molar-refractivity contribution in [3.63, 3.8) is 0 Å². The fourth-order valence-corrected chi connectivity index (χ4v) is 6.51. The smallest absolute Gasteiger partial charge is 0.386 e. The quantitative estimate of drug-likeness (QED) is 0.213. The number of aliphatic hydroxyl groups excluding tert-OH is 1. The van der Waals surface area contributed by atoms with Gasteiger partial charge in [-0.2, -0.15) is 0 Å². The summed E-state index contributed by atoms with van der Waals surface area (Å²) in [6, 6.07) is 1.67. The number of aromatic nitrogens is 7. The Balaban J connectivity index is 1.28. The number of nitrogens with two attached hydrogens (primary N) is 1. The van der Waals surface area contributed by atoms with Crippen LogP contribution in [-0.4, -0.2) is 58.0 Å². The van der Waals surface area contributed by atoms with Gasteiger partial charge in [-0.15, -0.1) is 0 Å². The number of nitrogens with zero attached hydrogens (tertiary/aromatic N) is 6. The molecule has 0 bridgehead atoms. The van der Waals surface area contributed by atoms with Crippen LogP contribution in [0.3, 0.4) is 0 Å². The van der Waals surface area contributed by atoms with Gasteiger partial charge in [-0.1, -0.05) is 19.2 Å². The predicted molar refractivity (Wildman–Crippen MR) is 140 cm³/mol. The number of aromatic amines is 1. The molecule has 0 amide bonds. The van der Waals surface area contributed by atoms with Crippen molar-refractivity contribution < 1.29 is 23.5 Å². The molecular formula is C22H25N8O6PS. The van der Waals surface area contributed by atoms with Crippen molar-refractivity contribution in [3.8, 4) is 0 Å². The maximum Gasteiger partial charge on any atom is 0.386 e. The van der Waals surface area contributed by atoms with Gasteiger partial charge in [0.05, 0.1) is 24.6 Å². The molecule has 4 aromatic heterocycles. The monoisotopic (exact) mass is 560 g/mol. The van der Waals surface area contributed by atoms with E-state index < -0.39 is 25.2 Å². The molecule has 4 aromatic rings. The van der Waals surface area contributed by atoms with Gasteiger partial charge in [0.2, 0.25) is 0 Å². The Morgan fingerprint density at radius 3 is 2.95 bits per heavy atom. The number of H-pyrrole nitrogens is 1. The number of fused-ring (bicyclic) bond motifs is 3. The summed E-state index contributed by atoms with van der Waals surface area (Å²) >= 11 is 4.16. The summed E-state index contributed by atoms with van der Waals surface area (Å²) in [4.78, 5) is 31.2. The maximum atomic E-state index is 13.2. The van der Waals surface area contributed by atoms with Gasteiger partial charge in [0, 0.05) is 12.1 Å². The van der Waals surface area contributed by atoms with Crippen molar-refractivity contribution in [1.82, 2.24) is 34.1 Å². The van der Waals surface area contributed by atoms with E-state index in [1.54, 1.807) is 16.8 Å². The molecule has 3 unspecified atom stereocenters. The highest BCUT2D eigenvalue weighted by atomic mass is 32.7. The fraction of sp³-hybridized carbons (Fsp3) is 0.409. The molecule has 6 rings (SSSR count). The zero-order valence-corrected chi connectivity index (χ0v) is 21.9. The van der Waals surface area contributed by atoms with Crippen molar-refractivity contribution in [3.05, 3.63) is 47.7 Å². The van der Waals surface area contributed by atoms with Crippen LogP contribution in [0.1, 0.15) is 26.0 Å². The lowest BCUT2D eigenvalue weighted by molar-refractivity contribution is -0.0360. The molecule has 0 spiro atoms. The number of hydrogen-bond acceptors (Lipinski definition) is 11. The highest BCUT2D eigenvalue weighted by molar-refractivity contribution is 8.44. The van der Waals surface area contributed by atoms with Crippen LogP contribution < -0.4 is 11.3 Å². The van der Waals surface area contributed by atoms with Crippen LogP contribution in [0.4, 0.5) is 5.82 Å². The summed E-state index contributed by atoms with van der Waals surface area (Å²) < 4.78 is 33.8. The molecule has 4 N–H and O–H groups in total. The lowest BCUT2D eigenvalue weighted by atomic mass is 9.88. The molecule has 6 heterocycles. The minimum atomic E-state index is -3.91. The van der Waals surface area contributed by atoms with E-state index in [1.165, 1.54) is 23.5 Å². The fourth-order valence-electron chi connectivity index (χ4n) is 5.02. The van der Waals surface area contributed by atoms with Crippen molar-refractivity contribution in [2.24, 2.45) is 11.8 Å². The number of imidazole rings is 1. The van der Waals surface area contributed by atoms with E-state index in [0.29, 0.717) is 40.9 Å². The minimum Gasteiger partial charge on any atom is -0.472 e. The van der Waals surface area contributed by atoms with Crippen LogP contribution in [0.5, 0.6) is 0 Å². The molecule has 2 aliphatic rings. The molecule has 38 heavy (non-hydrogen) atoms. The summed E-state index contributed by atoms with van der Waals surface area (Å²) in [7, 11) is 0. The van der Waals surface area contributed by atoms with Gasteiger partial charge in [0.15, 0.2) is 29.2 Å². The second kappa shape index (κ2) is 9.50. The van der Waals surface area contributed by atoms with Crippen molar-refractivity contribution >= 4 is 52.9 Å².